The van der Waals surface area contributed by atoms with Crippen LogP contribution in [0.3, 0.4) is 0 Å². The number of hydrogen-bond acceptors (Lipinski definition) is 8. The van der Waals surface area contributed by atoms with E-state index in [2.05, 4.69) is 22.3 Å². The van der Waals surface area contributed by atoms with E-state index in [1.807, 2.05) is 53.4 Å². The van der Waals surface area contributed by atoms with Crippen molar-refractivity contribution in [3.63, 3.8) is 0 Å². The number of carbonyl (C=O) groups is 3. The van der Waals surface area contributed by atoms with E-state index in [4.69, 9.17) is 18.9 Å². The molecule has 4 aliphatic rings. The van der Waals surface area contributed by atoms with Crippen LogP contribution in [0, 0.1) is 0 Å². The first-order chi connectivity index (χ1) is 24.7. The van der Waals surface area contributed by atoms with E-state index in [1.54, 1.807) is 12.1 Å². The van der Waals surface area contributed by atoms with Crippen LogP contribution in [0.1, 0.15) is 40.7 Å². The van der Waals surface area contributed by atoms with Crippen molar-refractivity contribution in [1.29, 1.82) is 0 Å². The number of fused-ring (bicyclic) bond motifs is 2. The minimum absolute atomic E-state index is 0.00293. The maximum atomic E-state index is 14.1. The predicted molar refractivity (Wildman–Crippen MR) is 188 cm³/mol. The molecule has 4 heterocycles. The molecule has 2 N–H and O–H groups in total. The third kappa shape index (κ3) is 5.79. The number of quaternary nitrogens is 1. The van der Waals surface area contributed by atoms with Crippen molar-refractivity contribution in [2.24, 2.45) is 0 Å². The molecular weight excluding hydrogens is 652 g/mol. The molecule has 3 aromatic rings. The quantitative estimate of drug-likeness (QED) is 0.304. The van der Waals surface area contributed by atoms with E-state index < -0.39 is 17.6 Å². The van der Waals surface area contributed by atoms with Gasteiger partial charge in [0, 0.05) is 30.6 Å². The number of carboxylic acid groups (broad SMARTS) is 1. The Morgan fingerprint density at radius 3 is 2.24 bits per heavy atom. The molecule has 4 fully saturated rings. The first kappa shape index (κ1) is 34.8. The van der Waals surface area contributed by atoms with Crippen LogP contribution in [0.25, 0.3) is 0 Å². The molecule has 12 nitrogen and oxygen atoms in total. The van der Waals surface area contributed by atoms with Gasteiger partial charge < -0.3 is 29.0 Å². The summed E-state index contributed by atoms with van der Waals surface area (Å²) < 4.78 is 22.0. The molecule has 270 valence electrons. The number of amides is 3. The lowest BCUT2D eigenvalue weighted by Crippen LogP contribution is -2.73. The second-order valence-electron chi connectivity index (χ2n) is 14.2. The molecule has 51 heavy (non-hydrogen) atoms. The summed E-state index contributed by atoms with van der Waals surface area (Å²) in [5.74, 6) is 0.167. The van der Waals surface area contributed by atoms with Crippen molar-refractivity contribution in [3.8, 4) is 17.2 Å². The summed E-state index contributed by atoms with van der Waals surface area (Å²) in [6.45, 7) is 3.77. The van der Waals surface area contributed by atoms with Crippen LogP contribution in [0.15, 0.2) is 72.8 Å². The Hall–Kier alpha value is -4.65. The summed E-state index contributed by atoms with van der Waals surface area (Å²) in [6, 6.07) is 22.2. The number of morpholine rings is 1. The topological polar surface area (TPSA) is 127 Å². The molecule has 4 saturated heterocycles. The van der Waals surface area contributed by atoms with Crippen molar-refractivity contribution in [2.45, 2.75) is 42.3 Å². The Morgan fingerprint density at radius 2 is 1.61 bits per heavy atom. The van der Waals surface area contributed by atoms with Gasteiger partial charge in [-0.05, 0) is 49.1 Å². The Labute approximate surface area is 298 Å². The third-order valence-electron chi connectivity index (χ3n) is 11.9. The summed E-state index contributed by atoms with van der Waals surface area (Å²) in [5, 5.41) is 13.8. The lowest BCUT2D eigenvalue weighted by Gasteiger charge is -2.50. The summed E-state index contributed by atoms with van der Waals surface area (Å²) in [5.41, 5.74) is 1.66. The Morgan fingerprint density at radius 1 is 0.941 bits per heavy atom. The number of methoxy groups -OCH3 is 3. The average molecular weight is 700 g/mol. The van der Waals surface area contributed by atoms with Gasteiger partial charge in [0.05, 0.1) is 34.5 Å². The van der Waals surface area contributed by atoms with E-state index in [1.165, 1.54) is 26.9 Å². The molecule has 0 bridgehead atoms. The van der Waals surface area contributed by atoms with Crippen molar-refractivity contribution in [3.05, 3.63) is 89.5 Å². The molecule has 7 rings (SSSR count). The second kappa shape index (κ2) is 13.8. The third-order valence-corrected chi connectivity index (χ3v) is 11.9. The number of nitrogens with one attached hydrogen (secondary N) is 1. The number of hydrogen-bond donors (Lipinski definition) is 2. The van der Waals surface area contributed by atoms with Crippen LogP contribution < -0.4 is 19.5 Å². The number of aliphatic carboxylic acids is 1. The number of benzene rings is 3. The van der Waals surface area contributed by atoms with E-state index in [-0.39, 0.29) is 34.5 Å². The number of likely N-dealkylation sites (tertiary alicyclic amines) is 2. The molecule has 12 heteroatoms. The molecule has 0 saturated carbocycles. The molecule has 0 radical (unpaired) electrons. The molecule has 5 unspecified atom stereocenters. The van der Waals surface area contributed by atoms with Gasteiger partial charge in [-0.2, -0.15) is 0 Å². The SMILES string of the molecule is COc1cc(C(=O)N2CCC(CCN3CCC4(c5ccccc5)NC(=O)[N+]5(CCOCC5C(=O)O)C4C3)(c3ccccc3)C2)cc(OC)c1OC. The summed E-state index contributed by atoms with van der Waals surface area (Å²) in [4.78, 5) is 45.2. The predicted octanol–water partition coefficient (Wildman–Crippen LogP) is 3.88. The molecule has 1 spiro atoms. The van der Waals surface area contributed by atoms with Gasteiger partial charge in [0.2, 0.25) is 11.8 Å². The van der Waals surface area contributed by atoms with E-state index in [9.17, 15) is 19.5 Å². The van der Waals surface area contributed by atoms with Gasteiger partial charge in [-0.3, -0.25) is 15.0 Å². The highest BCUT2D eigenvalue weighted by Gasteiger charge is 2.70. The highest BCUT2D eigenvalue weighted by atomic mass is 16.5. The Bertz CT molecular complexity index is 1750. The van der Waals surface area contributed by atoms with Crippen LogP contribution in [0.4, 0.5) is 4.79 Å². The lowest BCUT2D eigenvalue weighted by atomic mass is 9.75. The van der Waals surface area contributed by atoms with Gasteiger partial charge in [0.25, 0.3) is 5.91 Å². The molecule has 4 aliphatic heterocycles. The number of carbonyl (C=O) groups excluding carboxylic acids is 2. The van der Waals surface area contributed by atoms with Crippen molar-refractivity contribution in [1.82, 2.24) is 15.1 Å². The number of urea groups is 1. The van der Waals surface area contributed by atoms with Crippen LogP contribution in [-0.2, 0) is 20.5 Å². The number of carboxylic acids is 1. The van der Waals surface area contributed by atoms with Crippen LogP contribution in [0.2, 0.25) is 0 Å². The summed E-state index contributed by atoms with van der Waals surface area (Å²) in [6.07, 6.45) is 2.23. The Kier molecular flexibility index (Phi) is 9.42. The highest BCUT2D eigenvalue weighted by molar-refractivity contribution is 5.96. The number of rotatable bonds is 10. The maximum absolute atomic E-state index is 14.1. The first-order valence-corrected chi connectivity index (χ1v) is 17.6. The second-order valence-corrected chi connectivity index (χ2v) is 14.2. The van der Waals surface area contributed by atoms with Gasteiger partial charge in [0.1, 0.15) is 24.7 Å². The molecule has 5 atom stereocenters. The first-order valence-electron chi connectivity index (χ1n) is 17.6. The van der Waals surface area contributed by atoms with E-state index >= 15 is 0 Å². The standard InChI is InChI=1S/C39H46N4O8/c1-48-31-22-27(23-32(49-2)34(31)50-3)35(44)42-19-15-38(26-42,28-10-6-4-7-11-28)14-17-41-18-16-39(29-12-8-5-9-13-29)33(24-41)43(37(47)40-39)20-21-51-25-30(43)36(45)46/h4-13,22-23,30,33H,14-21,24-26H2,1-3H3,(H-,40,45,46,47)/p+1. The van der Waals surface area contributed by atoms with Gasteiger partial charge in [-0.15, -0.1) is 0 Å². The molecule has 0 aliphatic carbocycles. The molecule has 3 aromatic carbocycles. The highest BCUT2D eigenvalue weighted by Crippen LogP contribution is 2.47. The van der Waals surface area contributed by atoms with Crippen molar-refractivity contribution < 1.29 is 42.9 Å². The van der Waals surface area contributed by atoms with Crippen molar-refractivity contribution >= 4 is 17.9 Å². The summed E-state index contributed by atoms with van der Waals surface area (Å²) in [7, 11) is 4.61. The van der Waals surface area contributed by atoms with Gasteiger partial charge in [-0.1, -0.05) is 60.7 Å². The zero-order valence-electron chi connectivity index (χ0n) is 29.5. The van der Waals surface area contributed by atoms with E-state index in [0.717, 1.165) is 31.5 Å². The number of nitrogens with zero attached hydrogens (tertiary/aromatic N) is 3. The van der Waals surface area contributed by atoms with Gasteiger partial charge in [-0.25, -0.2) is 14.1 Å². The number of ether oxygens (including phenoxy) is 4. The number of piperidine rings is 1. The molecular formula is C39H47N4O8+. The van der Waals surface area contributed by atoms with Crippen LogP contribution in [-0.4, -0.2) is 123 Å². The van der Waals surface area contributed by atoms with Crippen LogP contribution in [0.5, 0.6) is 17.2 Å². The largest absolute Gasteiger partial charge is 0.493 e. The minimum atomic E-state index is -1.02. The van der Waals surface area contributed by atoms with Gasteiger partial charge in [0.15, 0.2) is 11.5 Å². The zero-order chi connectivity index (χ0) is 35.8. The van der Waals surface area contributed by atoms with Gasteiger partial charge >= 0.3 is 12.0 Å². The normalized spacial score (nSPS) is 29.0. The smallest absolute Gasteiger partial charge is 0.418 e. The summed E-state index contributed by atoms with van der Waals surface area (Å²) >= 11 is 0. The molecule has 3 amide bonds. The fourth-order valence-corrected chi connectivity index (χ4v) is 9.23. The van der Waals surface area contributed by atoms with Crippen LogP contribution >= 0.6 is 0 Å². The maximum Gasteiger partial charge on any atom is 0.418 e. The fraction of sp³-hybridized carbons (Fsp3) is 0.462. The Balaban J connectivity index is 1.17. The average Bonchev–Trinajstić information content (AvgIpc) is 3.72. The van der Waals surface area contributed by atoms with E-state index in [0.29, 0.717) is 62.0 Å². The molecule has 0 aromatic heterocycles. The van der Waals surface area contributed by atoms with Crippen molar-refractivity contribution in [2.75, 3.05) is 73.8 Å². The fourth-order valence-electron chi connectivity index (χ4n) is 9.23. The monoisotopic (exact) mass is 699 g/mol. The lowest BCUT2D eigenvalue weighted by molar-refractivity contribution is -0.895. The minimum Gasteiger partial charge on any atom is -0.493 e. The zero-order valence-corrected chi connectivity index (χ0v) is 29.5.